The number of alkyl carbamates (subject to hydrolysis) is 1. The van der Waals surface area contributed by atoms with Crippen LogP contribution in [0.25, 0.3) is 0 Å². The van der Waals surface area contributed by atoms with E-state index in [4.69, 9.17) is 4.74 Å². The summed E-state index contributed by atoms with van der Waals surface area (Å²) in [7, 11) is -3.88. The summed E-state index contributed by atoms with van der Waals surface area (Å²) in [6.07, 6.45) is 8.14. The van der Waals surface area contributed by atoms with Crippen molar-refractivity contribution in [2.24, 2.45) is 5.92 Å². The van der Waals surface area contributed by atoms with Crippen LogP contribution in [0.1, 0.15) is 89.7 Å². The molecule has 5 atom stereocenters. The third-order valence-corrected chi connectivity index (χ3v) is 12.1. The lowest BCUT2D eigenvalue weighted by atomic mass is 10.0. The standard InChI is InChI=1S/C36H50N6O8S/c1-35(2,3)50-34(47)38-28-14-8-6-4-5-7-13-25-20-36(25,32(45)40-51(48,49)27-15-16-27)39-30(43)29-19-26(22-42(29)31(28)44)37-33(46)41-18-17-23-11-9-10-12-24(23)21-41/h7,9-13,25-29H,4-6,8,14-22H2,1-3H3,(H,37,46)(H,38,47)(H,39,43)(H,40,45)/t25-,26-,28+,29+,36-/m1/s1. The normalized spacial score (nSPS) is 28.5. The zero-order valence-electron chi connectivity index (χ0n) is 29.6. The summed E-state index contributed by atoms with van der Waals surface area (Å²) in [6.45, 7) is 6.11. The lowest BCUT2D eigenvalue weighted by Crippen LogP contribution is -2.58. The molecule has 0 aromatic heterocycles. The monoisotopic (exact) mass is 726 g/mol. The highest BCUT2D eigenvalue weighted by atomic mass is 32.2. The lowest BCUT2D eigenvalue weighted by Gasteiger charge is -2.31. The Balaban J connectivity index is 1.25. The largest absolute Gasteiger partial charge is 0.444 e. The predicted molar refractivity (Wildman–Crippen MR) is 187 cm³/mol. The second-order valence-corrected chi connectivity index (χ2v) is 17.5. The van der Waals surface area contributed by atoms with Gasteiger partial charge in [-0.25, -0.2) is 18.0 Å². The summed E-state index contributed by atoms with van der Waals surface area (Å²) in [6, 6.07) is 4.92. The van der Waals surface area contributed by atoms with Gasteiger partial charge in [0.2, 0.25) is 21.8 Å². The number of nitrogens with one attached hydrogen (secondary N) is 4. The highest BCUT2D eigenvalue weighted by molar-refractivity contribution is 7.91. The quantitative estimate of drug-likeness (QED) is 0.334. The van der Waals surface area contributed by atoms with Crippen LogP contribution in [0, 0.1) is 5.92 Å². The Hall–Kier alpha value is -4.14. The molecular formula is C36H50N6O8S. The molecule has 0 radical (unpaired) electrons. The van der Waals surface area contributed by atoms with E-state index in [1.165, 1.54) is 10.5 Å². The first-order chi connectivity index (χ1) is 24.1. The fraction of sp³-hybridized carbons (Fsp3) is 0.639. The lowest BCUT2D eigenvalue weighted by molar-refractivity contribution is -0.141. The summed E-state index contributed by atoms with van der Waals surface area (Å²) in [5.74, 6) is -2.35. The number of fused-ring (bicyclic) bond motifs is 3. The van der Waals surface area contributed by atoms with Gasteiger partial charge in [0.05, 0.1) is 11.3 Å². The van der Waals surface area contributed by atoms with Crippen molar-refractivity contribution in [1.29, 1.82) is 0 Å². The minimum absolute atomic E-state index is 0.00181. The van der Waals surface area contributed by atoms with Gasteiger partial charge in [-0.05, 0) is 83.3 Å². The van der Waals surface area contributed by atoms with Gasteiger partial charge >= 0.3 is 12.1 Å². The number of urea groups is 1. The van der Waals surface area contributed by atoms with Crippen LogP contribution >= 0.6 is 0 Å². The van der Waals surface area contributed by atoms with Gasteiger partial charge < -0.3 is 30.5 Å². The molecule has 0 unspecified atom stereocenters. The maximum absolute atomic E-state index is 14.3. The first-order valence-electron chi connectivity index (χ1n) is 18.1. The van der Waals surface area contributed by atoms with E-state index in [9.17, 15) is 32.4 Å². The molecule has 3 fully saturated rings. The van der Waals surface area contributed by atoms with Crippen LogP contribution in [0.15, 0.2) is 36.4 Å². The van der Waals surface area contributed by atoms with E-state index in [2.05, 4.69) is 20.7 Å². The number of carbonyl (C=O) groups is 5. The van der Waals surface area contributed by atoms with E-state index >= 15 is 0 Å². The van der Waals surface area contributed by atoms with Crippen LogP contribution in [0.4, 0.5) is 9.59 Å². The molecule has 0 spiro atoms. The predicted octanol–water partition coefficient (Wildman–Crippen LogP) is 2.62. The summed E-state index contributed by atoms with van der Waals surface area (Å²) >= 11 is 0. The Bertz CT molecular complexity index is 1690. The number of amides is 6. The first-order valence-corrected chi connectivity index (χ1v) is 19.7. The van der Waals surface area contributed by atoms with Crippen LogP contribution in [-0.4, -0.2) is 95.7 Å². The van der Waals surface area contributed by atoms with Crippen molar-refractivity contribution in [3.05, 3.63) is 47.5 Å². The number of hydrogen-bond acceptors (Lipinski definition) is 8. The van der Waals surface area contributed by atoms with Gasteiger partial charge in [-0.3, -0.25) is 19.1 Å². The Morgan fingerprint density at radius 2 is 1.75 bits per heavy atom. The fourth-order valence-electron chi connectivity index (χ4n) is 7.29. The van der Waals surface area contributed by atoms with Crippen molar-refractivity contribution in [2.45, 2.75) is 126 Å². The number of ether oxygens (including phenoxy) is 1. The molecular weight excluding hydrogens is 676 g/mol. The molecule has 6 rings (SSSR count). The summed E-state index contributed by atoms with van der Waals surface area (Å²) in [5, 5.41) is 7.97. The molecule has 278 valence electrons. The van der Waals surface area contributed by atoms with Crippen LogP contribution in [0.2, 0.25) is 0 Å². The van der Waals surface area contributed by atoms with Crippen molar-refractivity contribution < 1.29 is 37.1 Å². The second-order valence-electron chi connectivity index (χ2n) is 15.5. The molecule has 3 aliphatic heterocycles. The molecule has 5 aliphatic rings. The van der Waals surface area contributed by atoms with Crippen molar-refractivity contribution in [3.8, 4) is 0 Å². The van der Waals surface area contributed by atoms with Gasteiger partial charge in [0.1, 0.15) is 23.2 Å². The van der Waals surface area contributed by atoms with E-state index in [-0.39, 0.29) is 25.4 Å². The topological polar surface area (TPSA) is 183 Å². The number of nitrogens with zero attached hydrogens (tertiary/aromatic N) is 2. The summed E-state index contributed by atoms with van der Waals surface area (Å²) in [4.78, 5) is 71.7. The van der Waals surface area contributed by atoms with Crippen molar-refractivity contribution >= 4 is 39.9 Å². The average Bonchev–Trinajstić information content (AvgIpc) is 3.99. The Labute approximate surface area is 299 Å². The van der Waals surface area contributed by atoms with Crippen molar-refractivity contribution in [2.75, 3.05) is 13.1 Å². The van der Waals surface area contributed by atoms with Crippen LogP contribution in [0.3, 0.4) is 0 Å². The van der Waals surface area contributed by atoms with Crippen molar-refractivity contribution in [1.82, 2.24) is 30.5 Å². The van der Waals surface area contributed by atoms with E-state index in [0.717, 1.165) is 18.4 Å². The number of allylic oxidation sites excluding steroid dienone is 1. The molecule has 3 heterocycles. The van der Waals surface area contributed by atoms with Crippen LogP contribution in [-0.2, 0) is 42.1 Å². The number of rotatable bonds is 5. The van der Waals surface area contributed by atoms with Crippen LogP contribution < -0.4 is 20.7 Å². The highest BCUT2D eigenvalue weighted by Gasteiger charge is 2.62. The molecule has 2 aliphatic carbocycles. The van der Waals surface area contributed by atoms with Gasteiger partial charge in [-0.15, -0.1) is 0 Å². The summed E-state index contributed by atoms with van der Waals surface area (Å²) < 4.78 is 33.2. The number of carbonyl (C=O) groups excluding carboxylic acids is 5. The van der Waals surface area contributed by atoms with Crippen molar-refractivity contribution in [3.63, 3.8) is 0 Å². The molecule has 1 aromatic carbocycles. The molecule has 15 heteroatoms. The summed E-state index contributed by atoms with van der Waals surface area (Å²) in [5.41, 5.74) is -0.0529. The number of hydrogen-bond donors (Lipinski definition) is 4. The molecule has 2 saturated carbocycles. The van der Waals surface area contributed by atoms with Gasteiger partial charge in [0.25, 0.3) is 5.91 Å². The van der Waals surface area contributed by atoms with Gasteiger partial charge in [0, 0.05) is 25.6 Å². The average molecular weight is 727 g/mol. The molecule has 51 heavy (non-hydrogen) atoms. The van der Waals surface area contributed by atoms with E-state index in [0.29, 0.717) is 51.6 Å². The third kappa shape index (κ3) is 8.67. The van der Waals surface area contributed by atoms with E-state index in [1.807, 2.05) is 36.4 Å². The molecule has 1 saturated heterocycles. The zero-order chi connectivity index (χ0) is 36.6. The van der Waals surface area contributed by atoms with E-state index < -0.39 is 74.3 Å². The zero-order valence-corrected chi connectivity index (χ0v) is 30.4. The molecule has 14 nitrogen and oxygen atoms in total. The van der Waals surface area contributed by atoms with Gasteiger partial charge in [-0.2, -0.15) is 0 Å². The smallest absolute Gasteiger partial charge is 0.408 e. The molecule has 6 amide bonds. The SMILES string of the molecule is CC(C)(C)OC(=O)N[C@H]1CCCCCC=C[C@@H]2C[C@@]2(C(=O)NS(=O)(=O)C2CC2)NC(=O)[C@@H]2C[C@@H](NC(=O)N3CCc4ccccc4C3)CN2C1=O. The van der Waals surface area contributed by atoms with Gasteiger partial charge in [-0.1, -0.05) is 49.3 Å². The molecule has 4 N–H and O–H groups in total. The third-order valence-electron chi connectivity index (χ3n) is 10.3. The molecule has 1 aromatic rings. The minimum Gasteiger partial charge on any atom is -0.444 e. The Morgan fingerprint density at radius 1 is 1.00 bits per heavy atom. The number of sulfonamides is 1. The number of benzene rings is 1. The second kappa shape index (κ2) is 14.5. The minimum atomic E-state index is -3.88. The Morgan fingerprint density at radius 3 is 2.47 bits per heavy atom. The molecule has 0 bridgehead atoms. The van der Waals surface area contributed by atoms with Gasteiger partial charge in [0.15, 0.2) is 0 Å². The van der Waals surface area contributed by atoms with Crippen LogP contribution in [0.5, 0.6) is 0 Å². The maximum Gasteiger partial charge on any atom is 0.408 e. The first kappa shape index (κ1) is 36.6. The fourth-order valence-corrected chi connectivity index (χ4v) is 8.65. The highest BCUT2D eigenvalue weighted by Crippen LogP contribution is 2.46. The van der Waals surface area contributed by atoms with E-state index in [1.54, 1.807) is 25.7 Å². The maximum atomic E-state index is 14.3. The Kier molecular flexibility index (Phi) is 10.4.